The molecule has 2 saturated carbocycles. The molecule has 18 heavy (non-hydrogen) atoms. The number of fused-ring (bicyclic) bond motifs is 1. The first kappa shape index (κ1) is 11.1. The maximum absolute atomic E-state index is 10.1. The van der Waals surface area contributed by atoms with Crippen molar-refractivity contribution in [2.24, 2.45) is 11.3 Å². The zero-order valence-corrected chi connectivity index (χ0v) is 11.3. The Kier molecular flexibility index (Phi) is 2.24. The summed E-state index contributed by atoms with van der Waals surface area (Å²) in [4.78, 5) is 0. The number of aromatic nitrogens is 1. The van der Waals surface area contributed by atoms with Crippen LogP contribution in [-0.2, 0) is 13.0 Å². The fourth-order valence-electron chi connectivity index (χ4n) is 4.03. The molecule has 0 saturated heterocycles. The molecule has 3 aliphatic rings. The average molecular weight is 245 g/mol. The molecule has 1 aromatic rings. The van der Waals surface area contributed by atoms with E-state index in [0.717, 1.165) is 18.8 Å². The van der Waals surface area contributed by atoms with Crippen LogP contribution in [0, 0.1) is 18.3 Å². The molecule has 1 atom stereocenters. The first-order valence-corrected chi connectivity index (χ1v) is 7.57. The Balaban J connectivity index is 1.68. The molecule has 0 aliphatic heterocycles. The zero-order chi connectivity index (χ0) is 12.3. The van der Waals surface area contributed by atoms with Gasteiger partial charge in [-0.05, 0) is 69.3 Å². The van der Waals surface area contributed by atoms with Crippen LogP contribution in [0.3, 0.4) is 0 Å². The summed E-state index contributed by atoms with van der Waals surface area (Å²) in [6.07, 6.45) is 8.86. The van der Waals surface area contributed by atoms with Crippen molar-refractivity contribution in [3.05, 3.63) is 23.0 Å². The van der Waals surface area contributed by atoms with Crippen LogP contribution in [-0.4, -0.2) is 9.67 Å². The topological polar surface area (TPSA) is 25.2 Å². The van der Waals surface area contributed by atoms with E-state index in [9.17, 15) is 5.11 Å². The summed E-state index contributed by atoms with van der Waals surface area (Å²) >= 11 is 0. The molecule has 1 heterocycles. The summed E-state index contributed by atoms with van der Waals surface area (Å²) in [5.74, 6) is 1.02. The van der Waals surface area contributed by atoms with Gasteiger partial charge in [0, 0.05) is 23.5 Å². The maximum atomic E-state index is 10.1. The minimum atomic E-state index is -0.204. The van der Waals surface area contributed by atoms with Crippen molar-refractivity contribution in [1.29, 1.82) is 0 Å². The van der Waals surface area contributed by atoms with E-state index in [4.69, 9.17) is 0 Å². The Labute approximate surface area is 109 Å². The number of aliphatic hydroxyl groups excluding tert-OH is 1. The summed E-state index contributed by atoms with van der Waals surface area (Å²) in [6, 6.07) is 2.24. The predicted molar refractivity (Wildman–Crippen MR) is 71.5 cm³/mol. The lowest BCUT2D eigenvalue weighted by atomic mass is 9.94. The maximum Gasteiger partial charge on any atom is 0.0807 e. The van der Waals surface area contributed by atoms with Crippen LogP contribution < -0.4 is 0 Å². The number of aryl methyl sites for hydroxylation is 1. The van der Waals surface area contributed by atoms with E-state index in [1.165, 1.54) is 55.6 Å². The van der Waals surface area contributed by atoms with Gasteiger partial charge in [-0.1, -0.05) is 0 Å². The van der Waals surface area contributed by atoms with Gasteiger partial charge in [0.05, 0.1) is 6.10 Å². The number of hydrogen-bond donors (Lipinski definition) is 1. The van der Waals surface area contributed by atoms with Gasteiger partial charge < -0.3 is 9.67 Å². The highest BCUT2D eigenvalue weighted by Crippen LogP contribution is 2.62. The minimum Gasteiger partial charge on any atom is -0.388 e. The van der Waals surface area contributed by atoms with E-state index in [1.807, 2.05) is 0 Å². The predicted octanol–water partition coefficient (Wildman–Crippen LogP) is 3.36. The van der Waals surface area contributed by atoms with Gasteiger partial charge in [0.15, 0.2) is 0 Å². The monoisotopic (exact) mass is 245 g/mol. The molecule has 0 radical (unpaired) electrons. The Hall–Kier alpha value is -0.760. The van der Waals surface area contributed by atoms with Crippen molar-refractivity contribution in [2.75, 3.05) is 0 Å². The SMILES string of the molecule is Cc1cc2c(n1CC1(C3CC3)CC1)CCCC2O. The molecule has 2 heteroatoms. The standard InChI is InChI=1S/C16H23NO/c1-11-9-13-14(3-2-4-15(13)18)17(11)10-16(7-8-16)12-5-6-12/h9,12,15,18H,2-8,10H2,1H3. The van der Waals surface area contributed by atoms with Gasteiger partial charge in [0.1, 0.15) is 0 Å². The normalized spacial score (nSPS) is 29.1. The third-order valence-electron chi connectivity index (χ3n) is 5.51. The molecule has 1 unspecified atom stereocenters. The lowest BCUT2D eigenvalue weighted by Gasteiger charge is -2.23. The molecule has 0 aromatic carbocycles. The molecular formula is C16H23NO. The lowest BCUT2D eigenvalue weighted by Crippen LogP contribution is -2.19. The fourth-order valence-corrected chi connectivity index (χ4v) is 4.03. The Morgan fingerprint density at radius 2 is 2.11 bits per heavy atom. The van der Waals surface area contributed by atoms with E-state index in [0.29, 0.717) is 5.41 Å². The van der Waals surface area contributed by atoms with Crippen molar-refractivity contribution in [3.8, 4) is 0 Å². The van der Waals surface area contributed by atoms with Gasteiger partial charge in [-0.2, -0.15) is 0 Å². The second-order valence-corrected chi connectivity index (χ2v) is 6.82. The molecule has 1 aromatic heterocycles. The molecule has 3 aliphatic carbocycles. The van der Waals surface area contributed by atoms with E-state index >= 15 is 0 Å². The molecule has 4 rings (SSSR count). The van der Waals surface area contributed by atoms with Crippen LogP contribution in [0.5, 0.6) is 0 Å². The summed E-state index contributed by atoms with van der Waals surface area (Å²) in [5.41, 5.74) is 4.69. The number of rotatable bonds is 3. The van der Waals surface area contributed by atoms with Crippen LogP contribution in [0.4, 0.5) is 0 Å². The van der Waals surface area contributed by atoms with E-state index < -0.39 is 0 Å². The Morgan fingerprint density at radius 3 is 2.78 bits per heavy atom. The van der Waals surface area contributed by atoms with E-state index in [2.05, 4.69) is 17.6 Å². The fraction of sp³-hybridized carbons (Fsp3) is 0.750. The minimum absolute atomic E-state index is 0.204. The van der Waals surface area contributed by atoms with Crippen LogP contribution in [0.1, 0.15) is 61.6 Å². The van der Waals surface area contributed by atoms with Crippen LogP contribution >= 0.6 is 0 Å². The second-order valence-electron chi connectivity index (χ2n) is 6.82. The molecule has 0 amide bonds. The van der Waals surface area contributed by atoms with Crippen molar-refractivity contribution < 1.29 is 5.11 Å². The molecular weight excluding hydrogens is 222 g/mol. The molecule has 1 N–H and O–H groups in total. The highest BCUT2D eigenvalue weighted by atomic mass is 16.3. The molecule has 0 bridgehead atoms. The second kappa shape index (κ2) is 3.63. The Morgan fingerprint density at radius 1 is 1.33 bits per heavy atom. The van der Waals surface area contributed by atoms with Gasteiger partial charge in [0.2, 0.25) is 0 Å². The average Bonchev–Trinajstić information content (AvgIpc) is 3.23. The quantitative estimate of drug-likeness (QED) is 0.868. The smallest absolute Gasteiger partial charge is 0.0807 e. The van der Waals surface area contributed by atoms with E-state index in [1.54, 1.807) is 0 Å². The van der Waals surface area contributed by atoms with Crippen LogP contribution in [0.15, 0.2) is 6.07 Å². The van der Waals surface area contributed by atoms with Gasteiger partial charge >= 0.3 is 0 Å². The third kappa shape index (κ3) is 1.58. The lowest BCUT2D eigenvalue weighted by molar-refractivity contribution is 0.155. The van der Waals surface area contributed by atoms with Crippen molar-refractivity contribution in [2.45, 2.75) is 64.5 Å². The summed E-state index contributed by atoms with van der Waals surface area (Å²) in [6.45, 7) is 3.44. The first-order valence-electron chi connectivity index (χ1n) is 7.57. The van der Waals surface area contributed by atoms with E-state index in [-0.39, 0.29) is 6.10 Å². The highest BCUT2D eigenvalue weighted by molar-refractivity contribution is 5.32. The summed E-state index contributed by atoms with van der Waals surface area (Å²) in [7, 11) is 0. The Bertz CT molecular complexity index is 480. The number of hydrogen-bond acceptors (Lipinski definition) is 1. The first-order chi connectivity index (χ1) is 8.70. The summed E-state index contributed by atoms with van der Waals surface area (Å²) in [5, 5.41) is 10.1. The van der Waals surface area contributed by atoms with Crippen LogP contribution in [0.25, 0.3) is 0 Å². The zero-order valence-electron chi connectivity index (χ0n) is 11.3. The molecule has 0 spiro atoms. The molecule has 2 nitrogen and oxygen atoms in total. The molecule has 2 fully saturated rings. The third-order valence-corrected chi connectivity index (χ3v) is 5.51. The van der Waals surface area contributed by atoms with Gasteiger partial charge in [-0.25, -0.2) is 0 Å². The molecule has 98 valence electrons. The van der Waals surface area contributed by atoms with Crippen molar-refractivity contribution in [1.82, 2.24) is 4.57 Å². The number of nitrogens with zero attached hydrogens (tertiary/aromatic N) is 1. The van der Waals surface area contributed by atoms with Gasteiger partial charge in [-0.3, -0.25) is 0 Å². The van der Waals surface area contributed by atoms with Crippen molar-refractivity contribution in [3.63, 3.8) is 0 Å². The van der Waals surface area contributed by atoms with Gasteiger partial charge in [0.25, 0.3) is 0 Å². The van der Waals surface area contributed by atoms with Crippen molar-refractivity contribution >= 4 is 0 Å². The largest absolute Gasteiger partial charge is 0.388 e. The summed E-state index contributed by atoms with van der Waals surface area (Å²) < 4.78 is 2.54. The number of aliphatic hydroxyl groups is 1. The van der Waals surface area contributed by atoms with Crippen LogP contribution in [0.2, 0.25) is 0 Å². The van der Waals surface area contributed by atoms with Gasteiger partial charge in [-0.15, -0.1) is 0 Å². The highest BCUT2D eigenvalue weighted by Gasteiger charge is 2.54.